The lowest BCUT2D eigenvalue weighted by atomic mass is 9.99. The zero-order valence-corrected chi connectivity index (χ0v) is 15.8. The number of phenols is 1. The maximum atomic E-state index is 9.85. The Kier molecular flexibility index (Phi) is 3.73. The third kappa shape index (κ3) is 2.88. The van der Waals surface area contributed by atoms with Crippen LogP contribution in [0.2, 0.25) is 0 Å². The van der Waals surface area contributed by atoms with Crippen molar-refractivity contribution in [1.82, 2.24) is 0 Å². The fourth-order valence-electron chi connectivity index (χ4n) is 3.55. The molecule has 1 heterocycles. The summed E-state index contributed by atoms with van der Waals surface area (Å²) in [6.07, 6.45) is 0. The van der Waals surface area contributed by atoms with Gasteiger partial charge in [0, 0.05) is 20.2 Å². The number of thiophene rings is 1. The van der Waals surface area contributed by atoms with E-state index in [0.717, 1.165) is 5.39 Å². The molecule has 0 atom stereocenters. The molecule has 0 aliphatic rings. The van der Waals surface area contributed by atoms with E-state index in [9.17, 15) is 5.11 Å². The van der Waals surface area contributed by atoms with Gasteiger partial charge >= 0.3 is 0 Å². The molecule has 0 amide bonds. The van der Waals surface area contributed by atoms with E-state index >= 15 is 0 Å². The molecule has 0 unspecified atom stereocenters. The minimum atomic E-state index is 0.315. The maximum absolute atomic E-state index is 9.85. The summed E-state index contributed by atoms with van der Waals surface area (Å²) in [7, 11) is 0. The molecule has 0 radical (unpaired) electrons. The quantitative estimate of drug-likeness (QED) is 0.345. The smallest absolute Gasteiger partial charge is 0.116 e. The van der Waals surface area contributed by atoms with E-state index < -0.39 is 0 Å². The molecule has 0 saturated carbocycles. The van der Waals surface area contributed by atoms with Crippen LogP contribution in [0.4, 0.5) is 0 Å². The van der Waals surface area contributed by atoms with E-state index in [1.165, 1.54) is 42.6 Å². The van der Waals surface area contributed by atoms with Gasteiger partial charge in [0.2, 0.25) is 0 Å². The van der Waals surface area contributed by atoms with Crippen molar-refractivity contribution in [2.75, 3.05) is 0 Å². The minimum absolute atomic E-state index is 0.315. The lowest BCUT2D eigenvalue weighted by Crippen LogP contribution is -1.81. The second kappa shape index (κ2) is 6.26. The predicted octanol–water partition coefficient (Wildman–Crippen LogP) is 7.40. The lowest BCUT2D eigenvalue weighted by Gasteiger charge is -2.06. The van der Waals surface area contributed by atoms with Crippen LogP contribution in [0.1, 0.15) is 5.56 Å². The van der Waals surface area contributed by atoms with Gasteiger partial charge < -0.3 is 5.11 Å². The molecule has 5 rings (SSSR count). The molecule has 1 N–H and O–H groups in total. The first-order valence-corrected chi connectivity index (χ1v) is 9.82. The highest BCUT2D eigenvalue weighted by Gasteiger charge is 2.08. The fraction of sp³-hybridized carbons (Fsp3) is 0.0400. The molecule has 1 aromatic heterocycles. The van der Waals surface area contributed by atoms with Crippen LogP contribution in [-0.4, -0.2) is 5.11 Å². The zero-order chi connectivity index (χ0) is 18.4. The Balaban J connectivity index is 1.57. The van der Waals surface area contributed by atoms with Crippen LogP contribution < -0.4 is 0 Å². The number of fused-ring (bicyclic) bond motifs is 3. The van der Waals surface area contributed by atoms with Gasteiger partial charge in [0.1, 0.15) is 5.75 Å². The number of rotatable bonds is 2. The molecular formula is C25H18OS. The van der Waals surface area contributed by atoms with E-state index in [4.69, 9.17) is 0 Å². The van der Waals surface area contributed by atoms with E-state index in [2.05, 4.69) is 73.7 Å². The van der Waals surface area contributed by atoms with Gasteiger partial charge in [-0.05, 0) is 59.5 Å². The second-order valence-electron chi connectivity index (χ2n) is 6.94. The minimum Gasteiger partial charge on any atom is -0.508 e. The van der Waals surface area contributed by atoms with Crippen molar-refractivity contribution in [3.8, 4) is 28.0 Å². The Morgan fingerprint density at radius 3 is 1.70 bits per heavy atom. The SMILES string of the molecule is Cc1ccc(-c2ccc(-c3ccc4sc5ccc(O)cc5c4c3)cc2)cc1. The summed E-state index contributed by atoms with van der Waals surface area (Å²) in [5, 5.41) is 12.2. The zero-order valence-electron chi connectivity index (χ0n) is 14.9. The molecule has 130 valence electrons. The van der Waals surface area contributed by atoms with Crippen LogP contribution in [-0.2, 0) is 0 Å². The number of benzene rings is 4. The Labute approximate surface area is 162 Å². The van der Waals surface area contributed by atoms with Gasteiger partial charge in [0.05, 0.1) is 0 Å². The first-order chi connectivity index (χ1) is 13.2. The van der Waals surface area contributed by atoms with Crippen LogP contribution in [0.5, 0.6) is 5.75 Å². The van der Waals surface area contributed by atoms with Gasteiger partial charge in [-0.25, -0.2) is 0 Å². The second-order valence-corrected chi connectivity index (χ2v) is 8.02. The Morgan fingerprint density at radius 2 is 1.04 bits per heavy atom. The number of hydrogen-bond donors (Lipinski definition) is 1. The highest BCUT2D eigenvalue weighted by molar-refractivity contribution is 7.25. The Hall–Kier alpha value is -3.10. The third-order valence-corrected chi connectivity index (χ3v) is 6.21. The largest absolute Gasteiger partial charge is 0.508 e. The van der Waals surface area contributed by atoms with Crippen LogP contribution in [0.15, 0.2) is 84.9 Å². The van der Waals surface area contributed by atoms with Crippen molar-refractivity contribution in [3.05, 3.63) is 90.5 Å². The Bertz CT molecular complexity index is 1260. The maximum Gasteiger partial charge on any atom is 0.116 e. The standard InChI is InChI=1S/C25H18OS/c1-16-2-4-17(5-3-16)18-6-8-19(9-7-18)20-10-12-24-22(14-20)23-15-21(26)11-13-25(23)27-24/h2-15,26H,1H3. The number of hydrogen-bond acceptors (Lipinski definition) is 2. The van der Waals surface area contributed by atoms with Crippen LogP contribution in [0.3, 0.4) is 0 Å². The van der Waals surface area contributed by atoms with Crippen LogP contribution >= 0.6 is 11.3 Å². The summed E-state index contributed by atoms with van der Waals surface area (Å²) in [6, 6.07) is 29.6. The van der Waals surface area contributed by atoms with E-state index in [-0.39, 0.29) is 0 Å². The van der Waals surface area contributed by atoms with Crippen LogP contribution in [0.25, 0.3) is 42.4 Å². The van der Waals surface area contributed by atoms with E-state index in [1.807, 2.05) is 12.1 Å². The van der Waals surface area contributed by atoms with Gasteiger partial charge in [0.15, 0.2) is 0 Å². The monoisotopic (exact) mass is 366 g/mol. The van der Waals surface area contributed by atoms with Crippen molar-refractivity contribution in [3.63, 3.8) is 0 Å². The van der Waals surface area contributed by atoms with Crippen molar-refractivity contribution in [2.24, 2.45) is 0 Å². The fourth-order valence-corrected chi connectivity index (χ4v) is 4.61. The normalized spacial score (nSPS) is 11.3. The van der Waals surface area contributed by atoms with Gasteiger partial charge in [-0.2, -0.15) is 0 Å². The summed E-state index contributed by atoms with van der Waals surface area (Å²) < 4.78 is 2.45. The average molecular weight is 366 g/mol. The summed E-state index contributed by atoms with van der Waals surface area (Å²) in [4.78, 5) is 0. The Morgan fingerprint density at radius 1 is 0.556 bits per heavy atom. The van der Waals surface area contributed by atoms with Crippen molar-refractivity contribution < 1.29 is 5.11 Å². The molecule has 0 fully saturated rings. The summed E-state index contributed by atoms with van der Waals surface area (Å²) in [6.45, 7) is 2.11. The molecular weight excluding hydrogens is 348 g/mol. The third-order valence-electron chi connectivity index (χ3n) is 5.06. The average Bonchev–Trinajstić information content (AvgIpc) is 3.06. The predicted molar refractivity (Wildman–Crippen MR) is 117 cm³/mol. The topological polar surface area (TPSA) is 20.2 Å². The number of aryl methyl sites for hydroxylation is 1. The number of phenolic OH excluding ortho intramolecular Hbond substituents is 1. The van der Waals surface area contributed by atoms with Crippen LogP contribution in [0, 0.1) is 6.92 Å². The first kappa shape index (κ1) is 16.1. The molecule has 0 aliphatic heterocycles. The highest BCUT2D eigenvalue weighted by Crippen LogP contribution is 2.38. The van der Waals surface area contributed by atoms with Crippen molar-refractivity contribution >= 4 is 31.5 Å². The highest BCUT2D eigenvalue weighted by atomic mass is 32.1. The van der Waals surface area contributed by atoms with Gasteiger partial charge in [-0.3, -0.25) is 0 Å². The summed E-state index contributed by atoms with van der Waals surface area (Å²) >= 11 is 1.76. The van der Waals surface area contributed by atoms with E-state index in [1.54, 1.807) is 17.4 Å². The molecule has 0 aliphatic carbocycles. The number of aromatic hydroxyl groups is 1. The van der Waals surface area contributed by atoms with Crippen molar-refractivity contribution in [2.45, 2.75) is 6.92 Å². The molecule has 2 heteroatoms. The molecule has 1 nitrogen and oxygen atoms in total. The molecule has 0 spiro atoms. The molecule has 0 bridgehead atoms. The lowest BCUT2D eigenvalue weighted by molar-refractivity contribution is 0.476. The van der Waals surface area contributed by atoms with Gasteiger partial charge in [-0.15, -0.1) is 11.3 Å². The molecule has 0 saturated heterocycles. The van der Waals surface area contributed by atoms with Crippen molar-refractivity contribution in [1.29, 1.82) is 0 Å². The first-order valence-electron chi connectivity index (χ1n) is 9.00. The molecule has 27 heavy (non-hydrogen) atoms. The van der Waals surface area contributed by atoms with Gasteiger partial charge in [-0.1, -0.05) is 60.2 Å². The summed E-state index contributed by atoms with van der Waals surface area (Å²) in [5.74, 6) is 0.315. The molecule has 5 aromatic rings. The molecule has 4 aromatic carbocycles. The van der Waals surface area contributed by atoms with E-state index in [0.29, 0.717) is 5.75 Å². The summed E-state index contributed by atoms with van der Waals surface area (Å²) in [5.41, 5.74) is 6.14. The van der Waals surface area contributed by atoms with Gasteiger partial charge in [0.25, 0.3) is 0 Å².